The number of rotatable bonds is 13. The van der Waals surface area contributed by atoms with Gasteiger partial charge >= 0.3 is 0 Å². The van der Waals surface area contributed by atoms with E-state index in [-0.39, 0.29) is 6.10 Å². The second-order valence-electron chi connectivity index (χ2n) is 8.28. The molecule has 1 aliphatic heterocycles. The van der Waals surface area contributed by atoms with Gasteiger partial charge in [-0.25, -0.2) is 0 Å². The summed E-state index contributed by atoms with van der Waals surface area (Å²) < 4.78 is 11.8. The molecule has 0 aliphatic carbocycles. The maximum Gasteiger partial charge on any atom is 0.174 e. The average Bonchev–Trinajstić information content (AvgIpc) is 3.50. The zero-order valence-corrected chi connectivity index (χ0v) is 21.2. The SMILES string of the molecule is C=C/C=C(\C(Cl)=C/C)c1noc(-c2cc[nH]c2)c1[C@@H](O)C/C=C\C(=C/C=C)OC1CN(CCC)C1. The molecule has 0 spiro atoms. The van der Waals surface area contributed by atoms with E-state index in [4.69, 9.17) is 20.9 Å². The zero-order valence-electron chi connectivity index (χ0n) is 20.4. The first-order valence-corrected chi connectivity index (χ1v) is 12.2. The van der Waals surface area contributed by atoms with Gasteiger partial charge in [0.2, 0.25) is 0 Å². The van der Waals surface area contributed by atoms with Crippen molar-refractivity contribution < 1.29 is 14.4 Å². The van der Waals surface area contributed by atoms with Gasteiger partial charge in [0, 0.05) is 41.7 Å². The standard InChI is InChI=1S/C28H34ClN3O3/c1-5-10-21(34-22-18-32(19-22)16-7-3)12-9-13-25(33)26-27(23(11-6-2)24(29)8-4)31-35-28(26)20-14-15-30-17-20/h5-6,8-12,14-15,17,22,25,30,33H,1-2,7,13,16,18-19H2,3-4H3/b12-9-,21-10+,23-11+,24-8+/t25-/m0/s1. The Morgan fingerprint density at radius 2 is 2.14 bits per heavy atom. The van der Waals surface area contributed by atoms with E-state index >= 15 is 0 Å². The van der Waals surface area contributed by atoms with Crippen molar-refractivity contribution in [3.05, 3.63) is 96.2 Å². The summed E-state index contributed by atoms with van der Waals surface area (Å²) in [6.45, 7) is 14.5. The summed E-state index contributed by atoms with van der Waals surface area (Å²) in [4.78, 5) is 5.38. The maximum absolute atomic E-state index is 11.3. The monoisotopic (exact) mass is 495 g/mol. The number of aliphatic hydroxyl groups is 1. The van der Waals surface area contributed by atoms with Crippen LogP contribution < -0.4 is 0 Å². The second kappa shape index (κ2) is 13.1. The van der Waals surface area contributed by atoms with Gasteiger partial charge in [0.05, 0.1) is 11.7 Å². The van der Waals surface area contributed by atoms with Crippen molar-refractivity contribution in [1.82, 2.24) is 15.0 Å². The second-order valence-corrected chi connectivity index (χ2v) is 8.69. The number of halogens is 1. The van der Waals surface area contributed by atoms with Crippen LogP contribution in [0.4, 0.5) is 0 Å². The van der Waals surface area contributed by atoms with Crippen LogP contribution in [0.15, 0.2) is 89.5 Å². The van der Waals surface area contributed by atoms with Crippen molar-refractivity contribution in [2.24, 2.45) is 0 Å². The molecule has 2 N–H and O–H groups in total. The van der Waals surface area contributed by atoms with Crippen molar-refractivity contribution in [3.8, 4) is 11.3 Å². The predicted molar refractivity (Wildman–Crippen MR) is 143 cm³/mol. The summed E-state index contributed by atoms with van der Waals surface area (Å²) in [7, 11) is 0. The molecule has 3 heterocycles. The van der Waals surface area contributed by atoms with Gasteiger partial charge in [0.15, 0.2) is 5.76 Å². The molecular weight excluding hydrogens is 462 g/mol. The lowest BCUT2D eigenvalue weighted by atomic mass is 9.96. The molecule has 0 unspecified atom stereocenters. The highest BCUT2D eigenvalue weighted by molar-refractivity contribution is 6.37. The molecule has 0 saturated carbocycles. The molecule has 7 heteroatoms. The molecule has 6 nitrogen and oxygen atoms in total. The van der Waals surface area contributed by atoms with E-state index in [1.54, 1.807) is 36.7 Å². The van der Waals surface area contributed by atoms with Crippen molar-refractivity contribution in [2.45, 2.75) is 38.9 Å². The van der Waals surface area contributed by atoms with Crippen LogP contribution in [-0.2, 0) is 4.74 Å². The Hall–Kier alpha value is -3.06. The fourth-order valence-electron chi connectivity index (χ4n) is 3.99. The molecule has 35 heavy (non-hydrogen) atoms. The van der Waals surface area contributed by atoms with Crippen LogP contribution >= 0.6 is 11.6 Å². The van der Waals surface area contributed by atoms with Gasteiger partial charge in [-0.3, -0.25) is 4.90 Å². The van der Waals surface area contributed by atoms with E-state index in [1.165, 1.54) is 0 Å². The molecule has 1 fully saturated rings. The number of nitrogens with zero attached hydrogens (tertiary/aromatic N) is 2. The number of aromatic nitrogens is 2. The highest BCUT2D eigenvalue weighted by Crippen LogP contribution is 2.38. The number of likely N-dealkylation sites (tertiary alicyclic amines) is 1. The Balaban J connectivity index is 1.81. The number of H-pyrrole nitrogens is 1. The van der Waals surface area contributed by atoms with Gasteiger partial charge in [0.25, 0.3) is 0 Å². The van der Waals surface area contributed by atoms with Crippen LogP contribution in [0.3, 0.4) is 0 Å². The van der Waals surface area contributed by atoms with E-state index in [0.29, 0.717) is 39.8 Å². The number of ether oxygens (including phenoxy) is 1. The number of allylic oxidation sites excluding steroid dienone is 8. The van der Waals surface area contributed by atoms with Crippen LogP contribution in [0.25, 0.3) is 16.9 Å². The van der Waals surface area contributed by atoms with E-state index in [1.807, 2.05) is 31.2 Å². The smallest absolute Gasteiger partial charge is 0.174 e. The van der Waals surface area contributed by atoms with Gasteiger partial charge in [-0.05, 0) is 44.5 Å². The third-order valence-corrected chi connectivity index (χ3v) is 6.08. The molecule has 186 valence electrons. The molecule has 0 amide bonds. The van der Waals surface area contributed by atoms with E-state index < -0.39 is 6.10 Å². The minimum Gasteiger partial charge on any atom is -0.488 e. The van der Waals surface area contributed by atoms with E-state index in [9.17, 15) is 5.11 Å². The first-order chi connectivity index (χ1) is 17.0. The van der Waals surface area contributed by atoms with Gasteiger partial charge in [0.1, 0.15) is 17.6 Å². The number of aliphatic hydroxyl groups excluding tert-OH is 1. The Bertz CT molecular complexity index is 1100. The summed E-state index contributed by atoms with van der Waals surface area (Å²) in [5, 5.41) is 16.0. The first kappa shape index (κ1) is 26.5. The van der Waals surface area contributed by atoms with Crippen LogP contribution in [0.5, 0.6) is 0 Å². The molecule has 0 radical (unpaired) electrons. The molecule has 1 aliphatic rings. The highest BCUT2D eigenvalue weighted by atomic mass is 35.5. The topological polar surface area (TPSA) is 74.5 Å². The quantitative estimate of drug-likeness (QED) is 0.243. The summed E-state index contributed by atoms with van der Waals surface area (Å²) in [6.07, 6.45) is 16.8. The van der Waals surface area contributed by atoms with Gasteiger partial charge in [-0.2, -0.15) is 0 Å². The minimum absolute atomic E-state index is 0.168. The summed E-state index contributed by atoms with van der Waals surface area (Å²) >= 11 is 6.46. The molecule has 0 aromatic carbocycles. The summed E-state index contributed by atoms with van der Waals surface area (Å²) in [5.41, 5.74) is 2.46. The predicted octanol–water partition coefficient (Wildman–Crippen LogP) is 6.54. The van der Waals surface area contributed by atoms with Gasteiger partial charge in [-0.1, -0.05) is 67.2 Å². The van der Waals surface area contributed by atoms with Crippen molar-refractivity contribution >= 4 is 17.2 Å². The first-order valence-electron chi connectivity index (χ1n) is 11.9. The fraction of sp³-hybridized carbons (Fsp3) is 0.321. The number of hydrogen-bond acceptors (Lipinski definition) is 5. The third kappa shape index (κ3) is 6.75. The highest BCUT2D eigenvalue weighted by Gasteiger charge is 2.28. The molecule has 2 aromatic heterocycles. The van der Waals surface area contributed by atoms with Crippen LogP contribution in [0.1, 0.15) is 44.1 Å². The molecular formula is C28H34ClN3O3. The van der Waals surface area contributed by atoms with Crippen LogP contribution in [0, 0.1) is 0 Å². The van der Waals surface area contributed by atoms with E-state index in [0.717, 1.165) is 31.6 Å². The fourth-order valence-corrected chi connectivity index (χ4v) is 4.14. The van der Waals surface area contributed by atoms with Crippen molar-refractivity contribution in [3.63, 3.8) is 0 Å². The lowest BCUT2D eigenvalue weighted by Crippen LogP contribution is -2.51. The number of aromatic amines is 1. The van der Waals surface area contributed by atoms with E-state index in [2.05, 4.69) is 35.1 Å². The van der Waals surface area contributed by atoms with Gasteiger partial charge < -0.3 is 19.4 Å². The largest absolute Gasteiger partial charge is 0.488 e. The Labute approximate surface area is 212 Å². The van der Waals surface area contributed by atoms with Crippen LogP contribution in [-0.4, -0.2) is 45.9 Å². The Morgan fingerprint density at radius 3 is 2.77 bits per heavy atom. The molecule has 0 bridgehead atoms. The Morgan fingerprint density at radius 1 is 1.37 bits per heavy atom. The average molecular weight is 496 g/mol. The minimum atomic E-state index is -0.888. The maximum atomic E-state index is 11.3. The van der Waals surface area contributed by atoms with Crippen molar-refractivity contribution in [2.75, 3.05) is 19.6 Å². The molecule has 2 aromatic rings. The van der Waals surface area contributed by atoms with Gasteiger partial charge in [-0.15, -0.1) is 0 Å². The normalized spacial score (nSPS) is 17.0. The molecule has 1 atom stereocenters. The molecule has 1 saturated heterocycles. The lowest BCUT2D eigenvalue weighted by molar-refractivity contribution is -0.0171. The van der Waals surface area contributed by atoms with Crippen LogP contribution in [0.2, 0.25) is 0 Å². The lowest BCUT2D eigenvalue weighted by Gasteiger charge is -2.39. The summed E-state index contributed by atoms with van der Waals surface area (Å²) in [6, 6.07) is 1.86. The van der Waals surface area contributed by atoms with Crippen molar-refractivity contribution in [1.29, 1.82) is 0 Å². The Kier molecular flexibility index (Phi) is 9.97. The zero-order chi connectivity index (χ0) is 25.2. The number of nitrogens with one attached hydrogen (secondary N) is 1. The third-order valence-electron chi connectivity index (χ3n) is 5.66. The number of hydrogen-bond donors (Lipinski definition) is 2. The molecule has 3 rings (SSSR count). The summed E-state index contributed by atoms with van der Waals surface area (Å²) in [5.74, 6) is 1.20.